The van der Waals surface area contributed by atoms with Crippen LogP contribution in [-0.2, 0) is 9.63 Å². The molecule has 7 heteroatoms. The molecule has 0 unspecified atom stereocenters. The van der Waals surface area contributed by atoms with Crippen LogP contribution in [0.4, 0.5) is 10.1 Å². The zero-order valence-corrected chi connectivity index (χ0v) is 12.7. The summed E-state index contributed by atoms with van der Waals surface area (Å²) in [5, 5.41) is 6.89. The summed E-state index contributed by atoms with van der Waals surface area (Å²) in [6.45, 7) is -0.294. The van der Waals surface area contributed by atoms with Crippen LogP contribution in [0.1, 0.15) is 5.56 Å². The van der Waals surface area contributed by atoms with Crippen LogP contribution in [0.3, 0.4) is 0 Å². The van der Waals surface area contributed by atoms with E-state index in [9.17, 15) is 9.18 Å². The molecular weight excluding hydrogens is 330 g/mol. The van der Waals surface area contributed by atoms with Crippen molar-refractivity contribution in [2.45, 2.75) is 0 Å². The number of hydrogen-bond acceptors (Lipinski definition) is 3. The maximum absolute atomic E-state index is 12.9. The van der Waals surface area contributed by atoms with Crippen molar-refractivity contribution in [1.29, 1.82) is 0 Å². The molecule has 0 aliphatic heterocycles. The minimum absolute atomic E-state index is 0.109. The van der Waals surface area contributed by atoms with Gasteiger partial charge >= 0.3 is 0 Å². The average Bonchev–Trinajstić information content (AvgIpc) is 2.48. The van der Waals surface area contributed by atoms with E-state index in [1.807, 2.05) is 0 Å². The number of anilines is 1. The highest BCUT2D eigenvalue weighted by Crippen LogP contribution is 2.22. The Morgan fingerprint density at radius 2 is 1.95 bits per heavy atom. The molecule has 0 aliphatic carbocycles. The first kappa shape index (κ1) is 16.3. The molecule has 0 saturated heterocycles. The minimum atomic E-state index is -0.480. The van der Waals surface area contributed by atoms with E-state index in [1.165, 1.54) is 18.3 Å². The first-order valence-corrected chi connectivity index (χ1v) is 6.96. The van der Waals surface area contributed by atoms with Gasteiger partial charge in [0.15, 0.2) is 6.61 Å². The highest BCUT2D eigenvalue weighted by Gasteiger charge is 2.07. The summed E-state index contributed by atoms with van der Waals surface area (Å²) in [4.78, 5) is 16.5. The van der Waals surface area contributed by atoms with Crippen molar-refractivity contribution >= 4 is 41.0 Å². The van der Waals surface area contributed by atoms with Gasteiger partial charge in [0.1, 0.15) is 5.82 Å². The molecule has 114 valence electrons. The fourth-order valence-corrected chi connectivity index (χ4v) is 1.86. The number of halogens is 3. The second-order valence-corrected chi connectivity index (χ2v) is 5.08. The van der Waals surface area contributed by atoms with Crippen molar-refractivity contribution in [2.24, 2.45) is 5.16 Å². The van der Waals surface area contributed by atoms with Crippen LogP contribution in [0, 0.1) is 5.82 Å². The Morgan fingerprint density at radius 1 is 1.23 bits per heavy atom. The minimum Gasteiger partial charge on any atom is -0.386 e. The second kappa shape index (κ2) is 7.77. The van der Waals surface area contributed by atoms with Gasteiger partial charge in [0.2, 0.25) is 0 Å². The van der Waals surface area contributed by atoms with Crippen LogP contribution in [0.15, 0.2) is 47.6 Å². The number of nitrogens with zero attached hydrogens (tertiary/aromatic N) is 1. The van der Waals surface area contributed by atoms with Crippen molar-refractivity contribution in [2.75, 3.05) is 11.9 Å². The summed E-state index contributed by atoms with van der Waals surface area (Å²) >= 11 is 11.5. The Bertz CT molecular complexity index is 690. The number of hydrogen-bond donors (Lipinski definition) is 1. The second-order valence-electron chi connectivity index (χ2n) is 4.23. The molecule has 0 aliphatic rings. The predicted octanol–water partition coefficient (Wildman–Crippen LogP) is 4.12. The Labute approximate surface area is 136 Å². The van der Waals surface area contributed by atoms with Crippen LogP contribution in [0.2, 0.25) is 10.0 Å². The first-order valence-electron chi connectivity index (χ1n) is 6.20. The molecule has 2 rings (SSSR count). The van der Waals surface area contributed by atoms with Gasteiger partial charge in [-0.15, -0.1) is 0 Å². The maximum atomic E-state index is 12.9. The number of oxime groups is 1. The number of benzene rings is 2. The van der Waals surface area contributed by atoms with E-state index >= 15 is 0 Å². The van der Waals surface area contributed by atoms with Gasteiger partial charge in [-0.1, -0.05) is 40.5 Å². The lowest BCUT2D eigenvalue weighted by atomic mass is 10.2. The zero-order chi connectivity index (χ0) is 15.9. The van der Waals surface area contributed by atoms with Crippen LogP contribution < -0.4 is 5.32 Å². The van der Waals surface area contributed by atoms with Gasteiger partial charge in [-0.25, -0.2) is 4.39 Å². The first-order chi connectivity index (χ1) is 10.5. The Hall–Kier alpha value is -2.11. The normalized spacial score (nSPS) is 10.7. The summed E-state index contributed by atoms with van der Waals surface area (Å²) in [6.07, 6.45) is 1.45. The molecule has 0 aromatic heterocycles. The highest BCUT2D eigenvalue weighted by atomic mass is 35.5. The van der Waals surface area contributed by atoms with Gasteiger partial charge in [0.25, 0.3) is 5.91 Å². The van der Waals surface area contributed by atoms with E-state index in [1.54, 1.807) is 24.3 Å². The maximum Gasteiger partial charge on any atom is 0.265 e. The third kappa shape index (κ3) is 5.02. The molecule has 0 bridgehead atoms. The van der Waals surface area contributed by atoms with Crippen LogP contribution >= 0.6 is 23.2 Å². The Kier molecular flexibility index (Phi) is 5.75. The van der Waals surface area contributed by atoms with Crippen LogP contribution in [0.5, 0.6) is 0 Å². The monoisotopic (exact) mass is 340 g/mol. The lowest BCUT2D eigenvalue weighted by Gasteiger charge is -2.06. The number of rotatable bonds is 5. The fraction of sp³-hybridized carbons (Fsp3) is 0.0667. The van der Waals surface area contributed by atoms with Gasteiger partial charge < -0.3 is 10.2 Å². The molecule has 4 nitrogen and oxygen atoms in total. The van der Waals surface area contributed by atoms with E-state index in [2.05, 4.69) is 10.5 Å². The SMILES string of the molecule is O=C(CO/N=C\c1ccc(Cl)cc1)Nc1ccc(F)cc1Cl. The van der Waals surface area contributed by atoms with Crippen LogP contribution in [-0.4, -0.2) is 18.7 Å². The summed E-state index contributed by atoms with van der Waals surface area (Å²) in [7, 11) is 0. The topological polar surface area (TPSA) is 50.7 Å². The number of carbonyl (C=O) groups is 1. The third-order valence-electron chi connectivity index (χ3n) is 2.55. The number of carbonyl (C=O) groups excluding carboxylic acids is 1. The molecule has 0 heterocycles. The molecule has 2 aromatic rings. The highest BCUT2D eigenvalue weighted by molar-refractivity contribution is 6.33. The Balaban J connectivity index is 1.81. The molecular formula is C15H11Cl2FN2O2. The fourth-order valence-electron chi connectivity index (χ4n) is 1.52. The van der Waals surface area contributed by atoms with E-state index in [0.717, 1.165) is 11.6 Å². The van der Waals surface area contributed by atoms with Gasteiger partial charge in [-0.05, 0) is 35.9 Å². The van der Waals surface area contributed by atoms with Gasteiger partial charge in [0, 0.05) is 5.02 Å². The molecule has 0 spiro atoms. The van der Waals surface area contributed by atoms with Crippen LogP contribution in [0.25, 0.3) is 0 Å². The van der Waals surface area contributed by atoms with E-state index in [-0.39, 0.29) is 11.6 Å². The summed E-state index contributed by atoms with van der Waals surface area (Å²) < 4.78 is 12.9. The standard InChI is InChI=1S/C15H11Cl2FN2O2/c16-11-3-1-10(2-4-11)8-19-22-9-15(21)20-14-6-5-12(18)7-13(14)17/h1-8H,9H2,(H,20,21)/b19-8-. The van der Waals surface area contributed by atoms with Crippen molar-refractivity contribution in [1.82, 2.24) is 0 Å². The molecule has 1 N–H and O–H groups in total. The average molecular weight is 341 g/mol. The number of amides is 1. The molecule has 22 heavy (non-hydrogen) atoms. The van der Waals surface area contributed by atoms with Gasteiger partial charge in [0.05, 0.1) is 16.9 Å². The summed E-state index contributed by atoms with van der Waals surface area (Å²) in [5.41, 5.74) is 1.09. The lowest BCUT2D eigenvalue weighted by molar-refractivity contribution is -0.120. The molecule has 1 amide bonds. The third-order valence-corrected chi connectivity index (χ3v) is 3.11. The van der Waals surface area contributed by atoms with E-state index < -0.39 is 11.7 Å². The molecule has 0 atom stereocenters. The predicted molar refractivity (Wildman–Crippen MR) is 85.0 cm³/mol. The Morgan fingerprint density at radius 3 is 2.64 bits per heavy atom. The van der Waals surface area contributed by atoms with Crippen molar-refractivity contribution < 1.29 is 14.0 Å². The molecule has 0 fully saturated rings. The zero-order valence-electron chi connectivity index (χ0n) is 11.2. The number of nitrogens with one attached hydrogen (secondary N) is 1. The largest absolute Gasteiger partial charge is 0.386 e. The molecule has 2 aromatic carbocycles. The smallest absolute Gasteiger partial charge is 0.265 e. The van der Waals surface area contributed by atoms with Gasteiger partial charge in [-0.2, -0.15) is 0 Å². The summed E-state index contributed by atoms with van der Waals surface area (Å²) in [5.74, 6) is -0.937. The van der Waals surface area contributed by atoms with Gasteiger partial charge in [-0.3, -0.25) is 4.79 Å². The van der Waals surface area contributed by atoms with Crippen molar-refractivity contribution in [3.8, 4) is 0 Å². The van der Waals surface area contributed by atoms with E-state index in [4.69, 9.17) is 28.0 Å². The molecule has 0 radical (unpaired) electrons. The summed E-state index contributed by atoms with van der Waals surface area (Å²) in [6, 6.07) is 10.6. The van der Waals surface area contributed by atoms with E-state index in [0.29, 0.717) is 10.7 Å². The van der Waals surface area contributed by atoms with Crippen molar-refractivity contribution in [3.05, 3.63) is 63.9 Å². The quantitative estimate of drug-likeness (QED) is 0.657. The van der Waals surface area contributed by atoms with Crippen molar-refractivity contribution in [3.63, 3.8) is 0 Å². The lowest BCUT2D eigenvalue weighted by Crippen LogP contribution is -2.17. The molecule has 0 saturated carbocycles.